The van der Waals surface area contributed by atoms with Crippen LogP contribution in [0.4, 0.5) is 22.7 Å². The molecule has 3 aromatic carbocycles. The third-order valence-electron chi connectivity index (χ3n) is 5.70. The summed E-state index contributed by atoms with van der Waals surface area (Å²) in [6, 6.07) is 26.1. The second kappa shape index (κ2) is 9.09. The second-order valence-corrected chi connectivity index (χ2v) is 8.30. The molecular formula is C29H30N2. The molecule has 3 aromatic rings. The van der Waals surface area contributed by atoms with Crippen LogP contribution in [0.1, 0.15) is 24.5 Å². The number of benzene rings is 3. The second-order valence-electron chi connectivity index (χ2n) is 8.30. The highest BCUT2D eigenvalue weighted by molar-refractivity contribution is 5.73. The minimum atomic E-state index is 0.988. The predicted octanol–water partition coefficient (Wildman–Crippen LogP) is 8.00. The van der Waals surface area contributed by atoms with Gasteiger partial charge < -0.3 is 9.80 Å². The molecule has 2 nitrogen and oxygen atoms in total. The van der Waals surface area contributed by atoms with Crippen LogP contribution in [0, 0.1) is 13.8 Å². The number of aryl methyl sites for hydroxylation is 2. The van der Waals surface area contributed by atoms with E-state index in [1.54, 1.807) is 0 Å². The van der Waals surface area contributed by atoms with Gasteiger partial charge in [-0.05, 0) is 93.4 Å². The zero-order valence-electron chi connectivity index (χ0n) is 18.8. The molecule has 0 saturated heterocycles. The van der Waals surface area contributed by atoms with Crippen LogP contribution in [0.3, 0.4) is 0 Å². The summed E-state index contributed by atoms with van der Waals surface area (Å²) < 4.78 is 0. The molecule has 0 fully saturated rings. The summed E-state index contributed by atoms with van der Waals surface area (Å²) in [5.41, 5.74) is 9.73. The topological polar surface area (TPSA) is 6.48 Å². The minimum Gasteiger partial charge on any atom is -0.345 e. The Balaban J connectivity index is 1.71. The van der Waals surface area contributed by atoms with Crippen LogP contribution in [0.5, 0.6) is 0 Å². The zero-order chi connectivity index (χ0) is 21.8. The molecule has 0 N–H and O–H groups in total. The Morgan fingerprint density at radius 2 is 1.29 bits per heavy atom. The summed E-state index contributed by atoms with van der Waals surface area (Å²) in [6.45, 7) is 6.43. The standard InChI is InChI=1S/C29H30N2/c1-22-7-5-9-26(14-11-22)31(27-15-12-23(2)13-16-27)28-19-17-25(18-20-28)30(4)29-10-6-8-24(3)21-29/h5-6,8-21H,7H2,1-4H3. The molecule has 1 aliphatic rings. The van der Waals surface area contributed by atoms with Crippen LogP contribution >= 0.6 is 0 Å². The lowest BCUT2D eigenvalue weighted by Gasteiger charge is -2.27. The van der Waals surface area contributed by atoms with Crippen LogP contribution in [-0.4, -0.2) is 7.05 Å². The molecule has 0 saturated carbocycles. The van der Waals surface area contributed by atoms with E-state index in [-0.39, 0.29) is 0 Å². The van der Waals surface area contributed by atoms with E-state index in [1.165, 1.54) is 33.8 Å². The van der Waals surface area contributed by atoms with E-state index in [0.717, 1.165) is 17.8 Å². The van der Waals surface area contributed by atoms with Crippen molar-refractivity contribution in [1.29, 1.82) is 0 Å². The van der Waals surface area contributed by atoms with Crippen molar-refractivity contribution in [3.63, 3.8) is 0 Å². The third kappa shape index (κ3) is 4.80. The Morgan fingerprint density at radius 1 is 0.645 bits per heavy atom. The van der Waals surface area contributed by atoms with Crippen molar-refractivity contribution in [2.45, 2.75) is 27.2 Å². The van der Waals surface area contributed by atoms with Gasteiger partial charge in [-0.25, -0.2) is 0 Å². The van der Waals surface area contributed by atoms with Crippen molar-refractivity contribution in [3.8, 4) is 0 Å². The number of anilines is 4. The van der Waals surface area contributed by atoms with Gasteiger partial charge in [-0.2, -0.15) is 0 Å². The molecular weight excluding hydrogens is 376 g/mol. The normalized spacial score (nSPS) is 13.3. The lowest BCUT2D eigenvalue weighted by atomic mass is 10.1. The highest BCUT2D eigenvalue weighted by atomic mass is 15.1. The summed E-state index contributed by atoms with van der Waals surface area (Å²) in [7, 11) is 2.12. The lowest BCUT2D eigenvalue weighted by molar-refractivity contribution is 1.18. The molecule has 31 heavy (non-hydrogen) atoms. The van der Waals surface area contributed by atoms with Crippen molar-refractivity contribution in [2.75, 3.05) is 16.8 Å². The Hall–Kier alpha value is -3.52. The molecule has 0 amide bonds. The SMILES string of the molecule is CC1=CC=C(N(c2ccc(C)cc2)c2ccc(N(C)c3cccc(C)c3)cc2)C=CC1. The van der Waals surface area contributed by atoms with Crippen molar-refractivity contribution >= 4 is 22.7 Å². The first kappa shape index (κ1) is 20.7. The average molecular weight is 407 g/mol. The number of hydrogen-bond acceptors (Lipinski definition) is 2. The number of allylic oxidation sites excluding steroid dienone is 5. The highest BCUT2D eigenvalue weighted by Crippen LogP contribution is 2.34. The van der Waals surface area contributed by atoms with Crippen LogP contribution in [0.2, 0.25) is 0 Å². The summed E-state index contributed by atoms with van der Waals surface area (Å²) in [5, 5.41) is 0. The molecule has 156 valence electrons. The average Bonchev–Trinajstić information content (AvgIpc) is 3.00. The van der Waals surface area contributed by atoms with Crippen molar-refractivity contribution in [2.24, 2.45) is 0 Å². The number of rotatable bonds is 5. The highest BCUT2D eigenvalue weighted by Gasteiger charge is 2.14. The van der Waals surface area contributed by atoms with Gasteiger partial charge in [0.15, 0.2) is 0 Å². The van der Waals surface area contributed by atoms with Gasteiger partial charge in [-0.3, -0.25) is 0 Å². The fraction of sp³-hybridized carbons (Fsp3) is 0.172. The van der Waals surface area contributed by atoms with Crippen LogP contribution in [-0.2, 0) is 0 Å². The summed E-state index contributed by atoms with van der Waals surface area (Å²) in [6.07, 6.45) is 9.88. The first-order valence-electron chi connectivity index (χ1n) is 10.8. The molecule has 0 aliphatic heterocycles. The number of hydrogen-bond donors (Lipinski definition) is 0. The van der Waals surface area contributed by atoms with Crippen LogP contribution in [0.15, 0.2) is 108 Å². The van der Waals surface area contributed by atoms with E-state index in [2.05, 4.69) is 135 Å². The molecule has 0 spiro atoms. The lowest BCUT2D eigenvalue weighted by Crippen LogP contribution is -2.15. The predicted molar refractivity (Wildman–Crippen MR) is 135 cm³/mol. The van der Waals surface area contributed by atoms with E-state index in [0.29, 0.717) is 0 Å². The van der Waals surface area contributed by atoms with Gasteiger partial charge in [-0.1, -0.05) is 47.6 Å². The van der Waals surface area contributed by atoms with E-state index >= 15 is 0 Å². The van der Waals surface area contributed by atoms with E-state index in [1.807, 2.05) is 0 Å². The smallest absolute Gasteiger partial charge is 0.0463 e. The Bertz CT molecular complexity index is 1130. The van der Waals surface area contributed by atoms with Crippen LogP contribution < -0.4 is 9.80 Å². The first-order valence-corrected chi connectivity index (χ1v) is 10.8. The Morgan fingerprint density at radius 3 is 1.97 bits per heavy atom. The van der Waals surface area contributed by atoms with E-state index in [4.69, 9.17) is 0 Å². The van der Waals surface area contributed by atoms with Gasteiger partial charge >= 0.3 is 0 Å². The van der Waals surface area contributed by atoms with Crippen LogP contribution in [0.25, 0.3) is 0 Å². The molecule has 0 heterocycles. The fourth-order valence-corrected chi connectivity index (χ4v) is 3.82. The third-order valence-corrected chi connectivity index (χ3v) is 5.70. The molecule has 4 rings (SSSR count). The molecule has 2 heteroatoms. The van der Waals surface area contributed by atoms with Crippen molar-refractivity contribution in [3.05, 3.63) is 119 Å². The van der Waals surface area contributed by atoms with E-state index in [9.17, 15) is 0 Å². The maximum absolute atomic E-state index is 2.32. The molecule has 0 atom stereocenters. The minimum absolute atomic E-state index is 0.988. The van der Waals surface area contributed by atoms with Crippen molar-refractivity contribution < 1.29 is 0 Å². The maximum atomic E-state index is 2.32. The van der Waals surface area contributed by atoms with Gasteiger partial charge in [0.1, 0.15) is 0 Å². The van der Waals surface area contributed by atoms with Crippen molar-refractivity contribution in [1.82, 2.24) is 0 Å². The molecule has 0 bridgehead atoms. The van der Waals surface area contributed by atoms with Gasteiger partial charge in [0.2, 0.25) is 0 Å². The molecule has 0 aromatic heterocycles. The monoisotopic (exact) mass is 406 g/mol. The van der Waals surface area contributed by atoms with Gasteiger partial charge in [0.25, 0.3) is 0 Å². The van der Waals surface area contributed by atoms with Gasteiger partial charge in [0.05, 0.1) is 0 Å². The Labute approximate surface area is 186 Å². The number of nitrogens with zero attached hydrogens (tertiary/aromatic N) is 2. The zero-order valence-corrected chi connectivity index (χ0v) is 18.8. The molecule has 1 aliphatic carbocycles. The summed E-state index contributed by atoms with van der Waals surface area (Å²) in [5.74, 6) is 0. The Kier molecular flexibility index (Phi) is 6.08. The van der Waals surface area contributed by atoms with Gasteiger partial charge in [0, 0.05) is 35.5 Å². The largest absolute Gasteiger partial charge is 0.345 e. The maximum Gasteiger partial charge on any atom is 0.0463 e. The molecule has 0 unspecified atom stereocenters. The fourth-order valence-electron chi connectivity index (χ4n) is 3.82. The summed E-state index contributed by atoms with van der Waals surface area (Å²) in [4.78, 5) is 4.55. The first-order chi connectivity index (χ1) is 15.0. The molecule has 0 radical (unpaired) electrons. The van der Waals surface area contributed by atoms with E-state index < -0.39 is 0 Å². The van der Waals surface area contributed by atoms with Gasteiger partial charge in [-0.15, -0.1) is 0 Å². The summed E-state index contributed by atoms with van der Waals surface area (Å²) >= 11 is 0. The quantitative estimate of drug-likeness (QED) is 0.423.